The predicted molar refractivity (Wildman–Crippen MR) is 80.3 cm³/mol. The fraction of sp³-hybridized carbons (Fsp3) is 0.500. The summed E-state index contributed by atoms with van der Waals surface area (Å²) >= 11 is 0. The molecule has 1 aromatic carbocycles. The Morgan fingerprint density at radius 1 is 1.50 bits per heavy atom. The summed E-state index contributed by atoms with van der Waals surface area (Å²) < 4.78 is 10.5. The van der Waals surface area contributed by atoms with E-state index in [4.69, 9.17) is 9.15 Å². The van der Waals surface area contributed by atoms with E-state index in [0.717, 1.165) is 17.5 Å². The molecule has 6 nitrogen and oxygen atoms in total. The number of oxazole rings is 1. The second-order valence-corrected chi connectivity index (χ2v) is 5.60. The van der Waals surface area contributed by atoms with Crippen LogP contribution in [0, 0.1) is 0 Å². The normalized spacial score (nSPS) is 22.3. The van der Waals surface area contributed by atoms with E-state index in [1.165, 1.54) is 7.11 Å². The molecule has 1 fully saturated rings. The van der Waals surface area contributed by atoms with Crippen molar-refractivity contribution in [1.82, 2.24) is 9.88 Å². The van der Waals surface area contributed by atoms with Crippen LogP contribution in [0.4, 0.5) is 0 Å². The number of carbonyl (C=O) groups excluding carboxylic acids is 1. The average Bonchev–Trinajstić information content (AvgIpc) is 3.09. The molecule has 0 saturated carbocycles. The molecule has 0 unspecified atom stereocenters. The minimum absolute atomic E-state index is 0.279. The number of β-amino-alcohol motifs (C(OH)–C–C–N with tert-alkyl or cyclic N) is 1. The Kier molecular flexibility index (Phi) is 4.40. The maximum Gasteiger partial charge on any atom is 0.323 e. The minimum atomic E-state index is -0.464. The number of ether oxygens (including phenoxy) is 1. The number of aliphatic hydroxyl groups is 1. The zero-order valence-corrected chi connectivity index (χ0v) is 12.6. The van der Waals surface area contributed by atoms with Gasteiger partial charge in [0, 0.05) is 19.4 Å². The van der Waals surface area contributed by atoms with Crippen LogP contribution < -0.4 is 0 Å². The highest BCUT2D eigenvalue weighted by Crippen LogP contribution is 2.20. The quantitative estimate of drug-likeness (QED) is 0.841. The standard InChI is InChI=1S/C16H20N2O4/c1-21-16(20)13-9-11(19)10-18(13)8-4-7-15-17-12-5-2-3-6-14(12)22-15/h2-3,5-6,11,13,19H,4,7-10H2,1H3/t11-,13-/m0/s1. The van der Waals surface area contributed by atoms with Gasteiger partial charge < -0.3 is 14.3 Å². The first kappa shape index (κ1) is 15.0. The third-order valence-corrected chi connectivity index (χ3v) is 4.03. The van der Waals surface area contributed by atoms with Crippen LogP contribution in [0.25, 0.3) is 11.1 Å². The number of aryl methyl sites for hydroxylation is 1. The summed E-state index contributed by atoms with van der Waals surface area (Å²) in [4.78, 5) is 18.1. The number of para-hydroxylation sites is 2. The summed E-state index contributed by atoms with van der Waals surface area (Å²) in [6.45, 7) is 1.21. The number of methoxy groups -OCH3 is 1. The Bertz CT molecular complexity index is 621. The van der Waals surface area contributed by atoms with Crippen LogP contribution in [0.3, 0.4) is 0 Å². The third-order valence-electron chi connectivity index (χ3n) is 4.03. The van der Waals surface area contributed by atoms with E-state index in [-0.39, 0.29) is 12.0 Å². The number of aromatic nitrogens is 1. The SMILES string of the molecule is COC(=O)[C@@H]1C[C@H](O)CN1CCCc1nc2ccccc2o1. The average molecular weight is 304 g/mol. The molecule has 118 valence electrons. The van der Waals surface area contributed by atoms with E-state index >= 15 is 0 Å². The summed E-state index contributed by atoms with van der Waals surface area (Å²) in [5, 5.41) is 9.75. The summed E-state index contributed by atoms with van der Waals surface area (Å²) in [5.41, 5.74) is 1.66. The molecular weight excluding hydrogens is 284 g/mol. The number of carbonyl (C=O) groups is 1. The first-order valence-electron chi connectivity index (χ1n) is 7.52. The third kappa shape index (κ3) is 3.13. The number of rotatable bonds is 5. The number of fused-ring (bicyclic) bond motifs is 1. The molecule has 0 radical (unpaired) electrons. The van der Waals surface area contributed by atoms with E-state index < -0.39 is 6.10 Å². The number of hydrogen-bond acceptors (Lipinski definition) is 6. The van der Waals surface area contributed by atoms with Gasteiger partial charge in [0.1, 0.15) is 11.6 Å². The van der Waals surface area contributed by atoms with Gasteiger partial charge >= 0.3 is 5.97 Å². The molecule has 2 atom stereocenters. The summed E-state index contributed by atoms with van der Waals surface area (Å²) in [6, 6.07) is 7.33. The molecule has 0 aliphatic carbocycles. The van der Waals surface area contributed by atoms with E-state index in [1.807, 2.05) is 29.2 Å². The Morgan fingerprint density at radius 3 is 3.09 bits per heavy atom. The molecule has 1 saturated heterocycles. The van der Waals surface area contributed by atoms with E-state index in [1.54, 1.807) is 0 Å². The number of aliphatic hydroxyl groups excluding tert-OH is 1. The van der Waals surface area contributed by atoms with E-state index in [2.05, 4.69) is 4.98 Å². The van der Waals surface area contributed by atoms with Crippen molar-refractivity contribution in [3.05, 3.63) is 30.2 Å². The summed E-state index contributed by atoms with van der Waals surface area (Å²) in [6.07, 6.45) is 1.49. The molecule has 1 aromatic heterocycles. The highest BCUT2D eigenvalue weighted by Gasteiger charge is 2.36. The predicted octanol–water partition coefficient (Wildman–Crippen LogP) is 1.37. The van der Waals surface area contributed by atoms with Crippen molar-refractivity contribution < 1.29 is 19.1 Å². The lowest BCUT2D eigenvalue weighted by Gasteiger charge is -2.21. The molecule has 1 aliphatic heterocycles. The summed E-state index contributed by atoms with van der Waals surface area (Å²) in [5.74, 6) is 0.425. The fourth-order valence-electron chi connectivity index (χ4n) is 2.97. The van der Waals surface area contributed by atoms with Crippen molar-refractivity contribution in [2.75, 3.05) is 20.2 Å². The van der Waals surface area contributed by atoms with Crippen LogP contribution in [-0.4, -0.2) is 53.3 Å². The second-order valence-electron chi connectivity index (χ2n) is 5.60. The van der Waals surface area contributed by atoms with Crippen molar-refractivity contribution in [3.8, 4) is 0 Å². The Hall–Kier alpha value is -1.92. The zero-order valence-electron chi connectivity index (χ0n) is 12.6. The zero-order chi connectivity index (χ0) is 15.5. The molecule has 22 heavy (non-hydrogen) atoms. The van der Waals surface area contributed by atoms with Crippen LogP contribution in [0.15, 0.2) is 28.7 Å². The molecule has 2 aromatic rings. The van der Waals surface area contributed by atoms with Gasteiger partial charge in [-0.05, 0) is 25.1 Å². The maximum absolute atomic E-state index is 11.7. The van der Waals surface area contributed by atoms with Crippen LogP contribution in [0.5, 0.6) is 0 Å². The molecule has 0 bridgehead atoms. The van der Waals surface area contributed by atoms with Gasteiger partial charge in [-0.3, -0.25) is 9.69 Å². The molecule has 6 heteroatoms. The van der Waals surface area contributed by atoms with Gasteiger partial charge in [0.15, 0.2) is 11.5 Å². The first-order chi connectivity index (χ1) is 10.7. The van der Waals surface area contributed by atoms with Crippen LogP contribution in [0.1, 0.15) is 18.7 Å². The molecular formula is C16H20N2O4. The summed E-state index contributed by atoms with van der Waals surface area (Å²) in [7, 11) is 1.38. The molecule has 0 spiro atoms. The van der Waals surface area contributed by atoms with Crippen molar-refractivity contribution in [1.29, 1.82) is 0 Å². The van der Waals surface area contributed by atoms with Crippen molar-refractivity contribution >= 4 is 17.1 Å². The smallest absolute Gasteiger partial charge is 0.323 e. The van der Waals surface area contributed by atoms with Crippen molar-refractivity contribution in [3.63, 3.8) is 0 Å². The van der Waals surface area contributed by atoms with Crippen molar-refractivity contribution in [2.24, 2.45) is 0 Å². The molecule has 1 N–H and O–H groups in total. The van der Waals surface area contributed by atoms with Gasteiger partial charge in [0.2, 0.25) is 0 Å². The van der Waals surface area contributed by atoms with Gasteiger partial charge in [0.25, 0.3) is 0 Å². The van der Waals surface area contributed by atoms with Gasteiger partial charge in [0.05, 0.1) is 13.2 Å². The largest absolute Gasteiger partial charge is 0.468 e. The lowest BCUT2D eigenvalue weighted by atomic mass is 10.2. The number of hydrogen-bond donors (Lipinski definition) is 1. The number of nitrogens with zero attached hydrogens (tertiary/aromatic N) is 2. The number of esters is 1. The van der Waals surface area contributed by atoms with Gasteiger partial charge in [-0.2, -0.15) is 0 Å². The van der Waals surface area contributed by atoms with Gasteiger partial charge in [-0.25, -0.2) is 4.98 Å². The molecule has 2 heterocycles. The lowest BCUT2D eigenvalue weighted by molar-refractivity contribution is -0.145. The van der Waals surface area contributed by atoms with Crippen molar-refractivity contribution in [2.45, 2.75) is 31.4 Å². The molecule has 0 amide bonds. The maximum atomic E-state index is 11.7. The van der Waals surface area contributed by atoms with Gasteiger partial charge in [-0.15, -0.1) is 0 Å². The minimum Gasteiger partial charge on any atom is -0.468 e. The van der Waals surface area contributed by atoms with E-state index in [0.29, 0.717) is 31.8 Å². The molecule has 3 rings (SSSR count). The Balaban J connectivity index is 1.56. The second kappa shape index (κ2) is 6.46. The highest BCUT2D eigenvalue weighted by atomic mass is 16.5. The lowest BCUT2D eigenvalue weighted by Crippen LogP contribution is -2.37. The Labute approximate surface area is 128 Å². The van der Waals surface area contributed by atoms with Crippen LogP contribution >= 0.6 is 0 Å². The van der Waals surface area contributed by atoms with Gasteiger partial charge in [-0.1, -0.05) is 12.1 Å². The molecule has 1 aliphatic rings. The highest BCUT2D eigenvalue weighted by molar-refractivity contribution is 5.76. The fourth-order valence-corrected chi connectivity index (χ4v) is 2.97. The van der Waals surface area contributed by atoms with E-state index in [9.17, 15) is 9.90 Å². The number of benzene rings is 1. The number of likely N-dealkylation sites (tertiary alicyclic amines) is 1. The Morgan fingerprint density at radius 2 is 2.32 bits per heavy atom. The monoisotopic (exact) mass is 304 g/mol. The van der Waals surface area contributed by atoms with Crippen LogP contribution in [0.2, 0.25) is 0 Å². The first-order valence-corrected chi connectivity index (χ1v) is 7.52. The topological polar surface area (TPSA) is 75.8 Å². The van der Waals surface area contributed by atoms with Crippen LogP contribution in [-0.2, 0) is 16.0 Å².